The van der Waals surface area contributed by atoms with Crippen LogP contribution in [0.15, 0.2) is 47.5 Å². The summed E-state index contributed by atoms with van der Waals surface area (Å²) in [5, 5.41) is 0. The first-order chi connectivity index (χ1) is 14.4. The van der Waals surface area contributed by atoms with Gasteiger partial charge in [0.2, 0.25) is 10.0 Å². The third-order valence-corrected chi connectivity index (χ3v) is 6.74. The van der Waals surface area contributed by atoms with Gasteiger partial charge in [0.15, 0.2) is 0 Å². The Morgan fingerprint density at radius 2 is 1.83 bits per heavy atom. The van der Waals surface area contributed by atoms with E-state index in [2.05, 4.69) is 4.98 Å². The number of hydrogen-bond donors (Lipinski definition) is 0. The number of carbonyl (C=O) groups is 1. The Morgan fingerprint density at radius 1 is 1.10 bits per heavy atom. The van der Waals surface area contributed by atoms with Crippen LogP contribution in [0.4, 0.5) is 0 Å². The molecule has 0 aliphatic heterocycles. The summed E-state index contributed by atoms with van der Waals surface area (Å²) in [6.45, 7) is 5.14. The van der Waals surface area contributed by atoms with Gasteiger partial charge < -0.3 is 14.4 Å². The predicted molar refractivity (Wildman–Crippen MR) is 114 cm³/mol. The van der Waals surface area contributed by atoms with Crippen molar-refractivity contribution in [3.05, 3.63) is 53.9 Å². The van der Waals surface area contributed by atoms with Crippen LogP contribution in [0.2, 0.25) is 0 Å². The SMILES string of the molecule is CCN(CC)S(=O)(=O)c1cc(C(=O)N(CCOC)Cc2ccccn2)ccc1OC. The third kappa shape index (κ3) is 5.56. The molecule has 0 radical (unpaired) electrons. The number of rotatable bonds is 11. The fourth-order valence-electron chi connectivity index (χ4n) is 3.04. The molecule has 0 aliphatic carbocycles. The molecular weight excluding hydrogens is 406 g/mol. The van der Waals surface area contributed by atoms with E-state index in [1.54, 1.807) is 44.2 Å². The van der Waals surface area contributed by atoms with E-state index < -0.39 is 10.0 Å². The number of hydrogen-bond acceptors (Lipinski definition) is 6. The first-order valence-electron chi connectivity index (χ1n) is 9.75. The lowest BCUT2D eigenvalue weighted by molar-refractivity contribution is 0.0677. The quantitative estimate of drug-likeness (QED) is 0.539. The number of sulfonamides is 1. The number of ether oxygens (including phenoxy) is 2. The number of nitrogens with zero attached hydrogens (tertiary/aromatic N) is 3. The van der Waals surface area contributed by atoms with E-state index >= 15 is 0 Å². The lowest BCUT2D eigenvalue weighted by Gasteiger charge is -2.24. The second-order valence-electron chi connectivity index (χ2n) is 6.50. The van der Waals surface area contributed by atoms with E-state index in [1.807, 2.05) is 12.1 Å². The van der Waals surface area contributed by atoms with Crippen molar-refractivity contribution in [1.29, 1.82) is 0 Å². The van der Waals surface area contributed by atoms with Crippen molar-refractivity contribution < 1.29 is 22.7 Å². The lowest BCUT2D eigenvalue weighted by Crippen LogP contribution is -2.34. The minimum absolute atomic E-state index is 0.0240. The van der Waals surface area contributed by atoms with E-state index in [-0.39, 0.29) is 28.7 Å². The minimum Gasteiger partial charge on any atom is -0.495 e. The number of benzene rings is 1. The van der Waals surface area contributed by atoms with E-state index in [0.717, 1.165) is 5.69 Å². The largest absolute Gasteiger partial charge is 0.495 e. The zero-order valence-corrected chi connectivity index (χ0v) is 18.7. The van der Waals surface area contributed by atoms with Crippen LogP contribution in [-0.2, 0) is 21.3 Å². The Balaban J connectivity index is 2.43. The number of pyridine rings is 1. The molecule has 2 rings (SSSR count). The van der Waals surface area contributed by atoms with Crippen LogP contribution in [-0.4, -0.2) is 69.0 Å². The zero-order valence-electron chi connectivity index (χ0n) is 17.9. The standard InChI is InChI=1S/C21H29N3O5S/c1-5-24(6-2)30(26,27)20-15-17(10-11-19(20)29-4)21(25)23(13-14-28-3)16-18-9-7-8-12-22-18/h7-12,15H,5-6,13-14,16H2,1-4H3. The molecule has 0 saturated heterocycles. The highest BCUT2D eigenvalue weighted by Gasteiger charge is 2.28. The molecule has 0 spiro atoms. The van der Waals surface area contributed by atoms with Crippen molar-refractivity contribution in [2.24, 2.45) is 0 Å². The molecule has 0 unspecified atom stereocenters. The fourth-order valence-corrected chi connectivity index (χ4v) is 4.68. The molecule has 9 heteroatoms. The zero-order chi connectivity index (χ0) is 22.1. The summed E-state index contributed by atoms with van der Waals surface area (Å²) in [6.07, 6.45) is 1.66. The Hall–Kier alpha value is -2.49. The molecule has 1 aromatic carbocycles. The van der Waals surface area contributed by atoms with Crippen molar-refractivity contribution >= 4 is 15.9 Å². The van der Waals surface area contributed by atoms with Gasteiger partial charge in [0.25, 0.3) is 5.91 Å². The van der Waals surface area contributed by atoms with Crippen LogP contribution in [0.25, 0.3) is 0 Å². The first-order valence-corrected chi connectivity index (χ1v) is 11.2. The second-order valence-corrected chi connectivity index (χ2v) is 8.40. The smallest absolute Gasteiger partial charge is 0.254 e. The molecule has 1 heterocycles. The molecule has 1 aromatic heterocycles. The Bertz CT molecular complexity index is 931. The summed E-state index contributed by atoms with van der Waals surface area (Å²) in [5.74, 6) is -0.108. The van der Waals surface area contributed by atoms with Gasteiger partial charge in [0.05, 0.1) is 26.0 Å². The van der Waals surface area contributed by atoms with Gasteiger partial charge in [-0.1, -0.05) is 19.9 Å². The van der Waals surface area contributed by atoms with Gasteiger partial charge in [-0.05, 0) is 30.3 Å². The molecule has 2 aromatic rings. The number of carbonyl (C=O) groups excluding carboxylic acids is 1. The van der Waals surface area contributed by atoms with Crippen molar-refractivity contribution in [2.45, 2.75) is 25.3 Å². The minimum atomic E-state index is -3.80. The average molecular weight is 436 g/mol. The van der Waals surface area contributed by atoms with E-state index in [1.165, 1.54) is 23.5 Å². The highest BCUT2D eigenvalue weighted by molar-refractivity contribution is 7.89. The van der Waals surface area contributed by atoms with Gasteiger partial charge in [-0.2, -0.15) is 4.31 Å². The number of aromatic nitrogens is 1. The molecule has 8 nitrogen and oxygen atoms in total. The summed E-state index contributed by atoms with van der Waals surface area (Å²) < 4.78 is 37.9. The van der Waals surface area contributed by atoms with Gasteiger partial charge in [0, 0.05) is 38.5 Å². The van der Waals surface area contributed by atoms with E-state index in [0.29, 0.717) is 26.2 Å². The van der Waals surface area contributed by atoms with Crippen molar-refractivity contribution in [3.8, 4) is 5.75 Å². The summed E-state index contributed by atoms with van der Waals surface area (Å²) >= 11 is 0. The van der Waals surface area contributed by atoms with Gasteiger partial charge in [-0.3, -0.25) is 9.78 Å². The summed E-state index contributed by atoms with van der Waals surface area (Å²) in [5.41, 5.74) is 0.986. The molecule has 0 atom stereocenters. The number of amides is 1. The molecule has 0 fully saturated rings. The average Bonchev–Trinajstić information content (AvgIpc) is 2.77. The molecule has 0 bridgehead atoms. The maximum absolute atomic E-state index is 13.2. The maximum Gasteiger partial charge on any atom is 0.254 e. The van der Waals surface area contributed by atoms with Crippen LogP contribution in [0, 0.1) is 0 Å². The van der Waals surface area contributed by atoms with Crippen LogP contribution in [0.1, 0.15) is 29.9 Å². The normalized spacial score (nSPS) is 11.5. The molecule has 164 valence electrons. The first kappa shape index (κ1) is 23.8. The van der Waals surface area contributed by atoms with Crippen molar-refractivity contribution in [1.82, 2.24) is 14.2 Å². The summed E-state index contributed by atoms with van der Waals surface area (Å²) in [7, 11) is -0.833. The fraction of sp³-hybridized carbons (Fsp3) is 0.429. The van der Waals surface area contributed by atoms with Gasteiger partial charge in [-0.25, -0.2) is 8.42 Å². The summed E-state index contributed by atoms with van der Waals surface area (Å²) in [4.78, 5) is 19.1. The Labute approximate surface area is 178 Å². The molecule has 0 saturated carbocycles. The van der Waals surface area contributed by atoms with Gasteiger partial charge in [0.1, 0.15) is 10.6 Å². The van der Waals surface area contributed by atoms with Gasteiger partial charge in [-0.15, -0.1) is 0 Å². The maximum atomic E-state index is 13.2. The van der Waals surface area contributed by atoms with Crippen LogP contribution >= 0.6 is 0 Å². The Kier molecular flexibility index (Phi) is 8.76. The summed E-state index contributed by atoms with van der Waals surface area (Å²) in [6, 6.07) is 9.95. The van der Waals surface area contributed by atoms with Crippen LogP contribution in [0.5, 0.6) is 5.75 Å². The monoisotopic (exact) mass is 435 g/mol. The highest BCUT2D eigenvalue weighted by Crippen LogP contribution is 2.28. The van der Waals surface area contributed by atoms with Gasteiger partial charge >= 0.3 is 0 Å². The van der Waals surface area contributed by atoms with E-state index in [4.69, 9.17) is 9.47 Å². The molecule has 1 amide bonds. The van der Waals surface area contributed by atoms with Crippen LogP contribution < -0.4 is 4.74 Å². The molecule has 0 aliphatic rings. The van der Waals surface area contributed by atoms with E-state index in [9.17, 15) is 13.2 Å². The van der Waals surface area contributed by atoms with Crippen LogP contribution in [0.3, 0.4) is 0 Å². The Morgan fingerprint density at radius 3 is 2.40 bits per heavy atom. The topological polar surface area (TPSA) is 89.0 Å². The van der Waals surface area contributed by atoms with Crippen molar-refractivity contribution in [3.63, 3.8) is 0 Å². The lowest BCUT2D eigenvalue weighted by atomic mass is 10.1. The highest BCUT2D eigenvalue weighted by atomic mass is 32.2. The third-order valence-electron chi connectivity index (χ3n) is 4.67. The predicted octanol–water partition coefficient (Wildman–Crippen LogP) is 2.41. The molecule has 30 heavy (non-hydrogen) atoms. The second kappa shape index (κ2) is 11.1. The number of methoxy groups -OCH3 is 2. The van der Waals surface area contributed by atoms with Crippen molar-refractivity contribution in [2.75, 3.05) is 40.5 Å². The molecular formula is C21H29N3O5S. The molecule has 0 N–H and O–H groups in total.